The summed E-state index contributed by atoms with van der Waals surface area (Å²) in [5.74, 6) is 0.112. The minimum atomic E-state index is -0.0700. The largest absolute Gasteiger partial charge is 0.376 e. The molecule has 0 aliphatic carbocycles. The SMILES string of the molecule is CO[C@H](/C(C)=C/I)[C@@H](C)C(C)=O. The summed E-state index contributed by atoms with van der Waals surface area (Å²) in [6, 6.07) is 0. The van der Waals surface area contributed by atoms with E-state index in [1.54, 1.807) is 14.0 Å². The van der Waals surface area contributed by atoms with Crippen LogP contribution in [0.1, 0.15) is 20.8 Å². The molecule has 0 N–H and O–H groups in total. The lowest BCUT2D eigenvalue weighted by molar-refractivity contribution is -0.123. The Morgan fingerprint density at radius 2 is 2.00 bits per heavy atom. The molecule has 70 valence electrons. The summed E-state index contributed by atoms with van der Waals surface area (Å²) >= 11 is 2.16. The summed E-state index contributed by atoms with van der Waals surface area (Å²) < 4.78 is 7.18. The number of carbonyl (C=O) groups is 1. The molecule has 0 aliphatic heterocycles. The summed E-state index contributed by atoms with van der Waals surface area (Å²) in [6.07, 6.45) is -0.0700. The topological polar surface area (TPSA) is 26.3 Å². The molecule has 0 saturated heterocycles. The summed E-state index contributed by atoms with van der Waals surface area (Å²) in [5, 5.41) is 0. The van der Waals surface area contributed by atoms with Gasteiger partial charge in [-0.15, -0.1) is 0 Å². The van der Waals surface area contributed by atoms with Gasteiger partial charge in [0.05, 0.1) is 6.10 Å². The van der Waals surface area contributed by atoms with Crippen LogP contribution in [0.15, 0.2) is 9.66 Å². The molecule has 12 heavy (non-hydrogen) atoms. The van der Waals surface area contributed by atoms with Gasteiger partial charge in [0.25, 0.3) is 0 Å². The quantitative estimate of drug-likeness (QED) is 0.741. The van der Waals surface area contributed by atoms with Crippen LogP contribution in [-0.4, -0.2) is 19.0 Å². The van der Waals surface area contributed by atoms with Gasteiger partial charge in [0.1, 0.15) is 5.78 Å². The Balaban J connectivity index is 4.45. The number of hydrogen-bond donors (Lipinski definition) is 0. The maximum absolute atomic E-state index is 11.1. The van der Waals surface area contributed by atoms with Crippen LogP contribution in [0.3, 0.4) is 0 Å². The Bertz CT molecular complexity index is 187. The molecule has 0 spiro atoms. The molecule has 0 heterocycles. The van der Waals surface area contributed by atoms with E-state index in [1.807, 2.05) is 17.9 Å². The Morgan fingerprint density at radius 3 is 2.25 bits per heavy atom. The van der Waals surface area contributed by atoms with Gasteiger partial charge in [-0.3, -0.25) is 4.79 Å². The van der Waals surface area contributed by atoms with Crippen LogP contribution in [-0.2, 0) is 9.53 Å². The molecule has 0 unspecified atom stereocenters. The summed E-state index contributed by atoms with van der Waals surface area (Å²) in [6.45, 7) is 5.46. The zero-order valence-electron chi connectivity index (χ0n) is 7.93. The predicted molar refractivity (Wildman–Crippen MR) is 58.4 cm³/mol. The Kier molecular flexibility index (Phi) is 5.74. The highest BCUT2D eigenvalue weighted by atomic mass is 127. The van der Waals surface area contributed by atoms with E-state index in [9.17, 15) is 4.79 Å². The van der Waals surface area contributed by atoms with Crippen LogP contribution in [0.2, 0.25) is 0 Å². The van der Waals surface area contributed by atoms with Crippen molar-refractivity contribution in [3.05, 3.63) is 9.66 Å². The van der Waals surface area contributed by atoms with Crippen molar-refractivity contribution in [2.75, 3.05) is 7.11 Å². The average Bonchev–Trinajstić information content (AvgIpc) is 2.05. The first-order chi connectivity index (χ1) is 5.54. The maximum atomic E-state index is 11.1. The molecule has 0 bridgehead atoms. The third-order valence-electron chi connectivity index (χ3n) is 1.97. The molecule has 2 nitrogen and oxygen atoms in total. The number of carbonyl (C=O) groups excluding carboxylic acids is 1. The average molecular weight is 282 g/mol. The van der Waals surface area contributed by atoms with Crippen molar-refractivity contribution < 1.29 is 9.53 Å². The number of Topliss-reactive ketones (excluding diaryl/α,β-unsaturated/α-hetero) is 1. The first-order valence-corrected chi connectivity index (χ1v) is 5.09. The third kappa shape index (κ3) is 3.23. The van der Waals surface area contributed by atoms with Gasteiger partial charge in [-0.05, 0) is 23.5 Å². The van der Waals surface area contributed by atoms with Crippen molar-refractivity contribution in [3.63, 3.8) is 0 Å². The minimum absolute atomic E-state index is 0.0546. The van der Waals surface area contributed by atoms with Crippen LogP contribution in [0.25, 0.3) is 0 Å². The van der Waals surface area contributed by atoms with E-state index in [4.69, 9.17) is 4.74 Å². The Hall–Kier alpha value is 0.1000. The van der Waals surface area contributed by atoms with Gasteiger partial charge >= 0.3 is 0 Å². The van der Waals surface area contributed by atoms with E-state index in [0.29, 0.717) is 0 Å². The van der Waals surface area contributed by atoms with Gasteiger partial charge in [-0.2, -0.15) is 0 Å². The molecule has 0 aromatic heterocycles. The molecule has 0 radical (unpaired) electrons. The van der Waals surface area contributed by atoms with Gasteiger partial charge in [-0.25, -0.2) is 0 Å². The molecule has 3 heteroatoms. The molecule has 2 atom stereocenters. The maximum Gasteiger partial charge on any atom is 0.135 e. The van der Waals surface area contributed by atoms with E-state index >= 15 is 0 Å². The third-order valence-corrected chi connectivity index (χ3v) is 2.95. The molecule has 0 saturated carbocycles. The van der Waals surface area contributed by atoms with E-state index in [-0.39, 0.29) is 17.8 Å². The van der Waals surface area contributed by atoms with Crippen LogP contribution < -0.4 is 0 Å². The first kappa shape index (κ1) is 12.1. The lowest BCUT2D eigenvalue weighted by Gasteiger charge is -2.20. The second kappa shape index (κ2) is 5.70. The van der Waals surface area contributed by atoms with Crippen LogP contribution >= 0.6 is 22.6 Å². The molecule has 0 aromatic carbocycles. The monoisotopic (exact) mass is 282 g/mol. The fourth-order valence-electron chi connectivity index (χ4n) is 1.06. The van der Waals surface area contributed by atoms with E-state index < -0.39 is 0 Å². The van der Waals surface area contributed by atoms with Crippen molar-refractivity contribution in [1.82, 2.24) is 0 Å². The van der Waals surface area contributed by atoms with Gasteiger partial charge in [-0.1, -0.05) is 29.5 Å². The lowest BCUT2D eigenvalue weighted by atomic mass is 9.96. The molecule has 0 aliphatic rings. The highest BCUT2D eigenvalue weighted by molar-refractivity contribution is 14.1. The fraction of sp³-hybridized carbons (Fsp3) is 0.667. The first-order valence-electron chi connectivity index (χ1n) is 3.84. The van der Waals surface area contributed by atoms with Crippen LogP contribution in [0.5, 0.6) is 0 Å². The molecule has 0 amide bonds. The van der Waals surface area contributed by atoms with Crippen molar-refractivity contribution >= 4 is 28.4 Å². The second-order valence-corrected chi connectivity index (χ2v) is 3.53. The number of ether oxygens (including phenoxy) is 1. The number of halogens is 1. The lowest BCUT2D eigenvalue weighted by Crippen LogP contribution is -2.26. The van der Waals surface area contributed by atoms with E-state index in [0.717, 1.165) is 5.57 Å². The summed E-state index contributed by atoms with van der Waals surface area (Å²) in [7, 11) is 1.63. The molecular formula is C9H15IO2. The van der Waals surface area contributed by atoms with E-state index in [2.05, 4.69) is 22.6 Å². The van der Waals surface area contributed by atoms with Crippen molar-refractivity contribution in [3.8, 4) is 0 Å². The van der Waals surface area contributed by atoms with Crippen molar-refractivity contribution in [1.29, 1.82) is 0 Å². The Morgan fingerprint density at radius 1 is 1.50 bits per heavy atom. The van der Waals surface area contributed by atoms with Crippen molar-refractivity contribution in [2.45, 2.75) is 26.9 Å². The van der Waals surface area contributed by atoms with Gasteiger partial charge in [0.2, 0.25) is 0 Å². The number of hydrogen-bond acceptors (Lipinski definition) is 2. The van der Waals surface area contributed by atoms with E-state index in [1.165, 1.54) is 0 Å². The Labute approximate surface area is 87.5 Å². The number of methoxy groups -OCH3 is 1. The molecular weight excluding hydrogens is 267 g/mol. The normalized spacial score (nSPS) is 17.2. The number of rotatable bonds is 4. The molecule has 0 fully saturated rings. The zero-order chi connectivity index (χ0) is 9.72. The van der Waals surface area contributed by atoms with Crippen LogP contribution in [0, 0.1) is 5.92 Å². The van der Waals surface area contributed by atoms with Crippen LogP contribution in [0.4, 0.5) is 0 Å². The van der Waals surface area contributed by atoms with Gasteiger partial charge in [0, 0.05) is 13.0 Å². The highest BCUT2D eigenvalue weighted by Crippen LogP contribution is 2.17. The van der Waals surface area contributed by atoms with Crippen molar-refractivity contribution in [2.24, 2.45) is 5.92 Å². The molecule has 0 aromatic rings. The van der Waals surface area contributed by atoms with Gasteiger partial charge < -0.3 is 4.74 Å². The fourth-order valence-corrected chi connectivity index (χ4v) is 1.41. The number of ketones is 1. The predicted octanol–water partition coefficient (Wildman–Crippen LogP) is 2.57. The standard InChI is InChI=1S/C9H15IO2/c1-6(5-10)9(12-4)7(2)8(3)11/h5,7,9H,1-4H3/b6-5+/t7-,9+/m0/s1. The van der Waals surface area contributed by atoms with Gasteiger partial charge in [0.15, 0.2) is 0 Å². The highest BCUT2D eigenvalue weighted by Gasteiger charge is 2.21. The summed E-state index contributed by atoms with van der Waals surface area (Å²) in [5.41, 5.74) is 1.10. The molecule has 0 rings (SSSR count). The minimum Gasteiger partial charge on any atom is -0.376 e. The summed E-state index contributed by atoms with van der Waals surface area (Å²) in [4.78, 5) is 11.1. The zero-order valence-corrected chi connectivity index (χ0v) is 10.1. The second-order valence-electron chi connectivity index (χ2n) is 2.91. The smallest absolute Gasteiger partial charge is 0.135 e.